The van der Waals surface area contributed by atoms with Gasteiger partial charge < -0.3 is 14.2 Å². The Bertz CT molecular complexity index is 264. The third-order valence-electron chi connectivity index (χ3n) is 3.35. The zero-order valence-corrected chi connectivity index (χ0v) is 13.7. The fraction of sp³-hybridized carbons (Fsp3) is 1.00. The number of rotatable bonds is 9. The Kier molecular flexibility index (Phi) is 6.91. The Morgan fingerprint density at radius 3 is 1.05 bits per heavy atom. The molecule has 1 aliphatic heterocycles. The zero-order chi connectivity index (χ0) is 16.0. The number of nitrogens with zero attached hydrogens (tertiary/aromatic N) is 3. The van der Waals surface area contributed by atoms with Gasteiger partial charge in [0.25, 0.3) is 20.0 Å². The van der Waals surface area contributed by atoms with E-state index in [0.717, 1.165) is 0 Å². The van der Waals surface area contributed by atoms with E-state index in [-0.39, 0.29) is 13.8 Å². The predicted octanol–water partition coefficient (Wildman–Crippen LogP) is -1.07. The first kappa shape index (κ1) is 18.7. The van der Waals surface area contributed by atoms with Gasteiger partial charge in [0.2, 0.25) is 20.2 Å². The summed E-state index contributed by atoms with van der Waals surface area (Å²) in [6, 6.07) is 0. The minimum Gasteiger partial charge on any atom is -0.330 e. The first-order valence-electron chi connectivity index (χ1n) is 7.47. The van der Waals surface area contributed by atoms with Crippen molar-refractivity contribution in [3.8, 4) is 0 Å². The van der Waals surface area contributed by atoms with E-state index in [9.17, 15) is 0 Å². The van der Waals surface area contributed by atoms with Crippen molar-refractivity contribution in [1.82, 2.24) is 0 Å². The standard InChI is InChI=1S/C12H33N6O3/c1-4-19-10-16(13)7-17(14,11-20-5-2)9-18(15,8-16)12-21-6-3/h4-15H2,1-3H3/q+3. The number of hydrogen-bond donors (Lipinski definition) is 3. The highest BCUT2D eigenvalue weighted by atomic mass is 16.5. The van der Waals surface area contributed by atoms with Gasteiger partial charge >= 0.3 is 0 Å². The van der Waals surface area contributed by atoms with Crippen molar-refractivity contribution >= 4 is 0 Å². The van der Waals surface area contributed by atoms with Gasteiger partial charge in [-0.3, -0.25) is 0 Å². The van der Waals surface area contributed by atoms with E-state index < -0.39 is 0 Å². The summed E-state index contributed by atoms with van der Waals surface area (Å²) in [6.07, 6.45) is 0. The van der Waals surface area contributed by atoms with Crippen LogP contribution in [0, 0.1) is 0 Å². The topological polar surface area (TPSA) is 106 Å². The number of quaternary nitrogens is 3. The van der Waals surface area contributed by atoms with Crippen molar-refractivity contribution in [2.45, 2.75) is 20.8 Å². The molecule has 9 heteroatoms. The van der Waals surface area contributed by atoms with E-state index in [2.05, 4.69) is 0 Å². The summed E-state index contributed by atoms with van der Waals surface area (Å²) < 4.78 is 16.9. The van der Waals surface area contributed by atoms with Gasteiger partial charge in [0.05, 0.1) is 0 Å². The summed E-state index contributed by atoms with van der Waals surface area (Å²) in [4.78, 5) is 0. The lowest BCUT2D eigenvalue weighted by atomic mass is 10.4. The third-order valence-corrected chi connectivity index (χ3v) is 3.35. The third kappa shape index (κ3) is 5.74. The van der Waals surface area contributed by atoms with Gasteiger partial charge in [-0.1, -0.05) is 0 Å². The molecule has 21 heavy (non-hydrogen) atoms. The molecule has 6 N–H and O–H groups in total. The van der Waals surface area contributed by atoms with Crippen molar-refractivity contribution in [3.05, 3.63) is 0 Å². The Labute approximate surface area is 127 Å². The Balaban J connectivity index is 2.86. The largest absolute Gasteiger partial charge is 0.330 e. The van der Waals surface area contributed by atoms with E-state index in [4.69, 9.17) is 31.7 Å². The van der Waals surface area contributed by atoms with Crippen LogP contribution in [0.3, 0.4) is 0 Å². The maximum Gasteiger partial charge on any atom is 0.255 e. The number of hydrogen-bond acceptors (Lipinski definition) is 6. The quantitative estimate of drug-likeness (QED) is 0.370. The van der Waals surface area contributed by atoms with Gasteiger partial charge in [-0.25, -0.2) is 0 Å². The molecule has 0 aromatic carbocycles. The van der Waals surface area contributed by atoms with Gasteiger partial charge in [0, 0.05) is 19.8 Å². The van der Waals surface area contributed by atoms with E-state index in [1.807, 2.05) is 20.8 Å². The average molecular weight is 309 g/mol. The molecule has 126 valence electrons. The zero-order valence-electron chi connectivity index (χ0n) is 13.7. The smallest absolute Gasteiger partial charge is 0.255 e. The van der Waals surface area contributed by atoms with Crippen LogP contribution in [0.5, 0.6) is 0 Å². The van der Waals surface area contributed by atoms with Crippen molar-refractivity contribution in [2.75, 3.05) is 60.0 Å². The van der Waals surface area contributed by atoms with E-state index in [1.54, 1.807) is 0 Å². The molecule has 0 radical (unpaired) electrons. The van der Waals surface area contributed by atoms with Gasteiger partial charge in [-0.15, -0.1) is 13.8 Å². The first-order valence-corrected chi connectivity index (χ1v) is 7.47. The van der Waals surface area contributed by atoms with Crippen LogP contribution in [-0.2, 0) is 14.2 Å². The minimum absolute atomic E-state index is 0.140. The molecular formula is C12H33N6O3+3. The second-order valence-electron chi connectivity index (χ2n) is 5.95. The van der Waals surface area contributed by atoms with Crippen LogP contribution in [-0.4, -0.2) is 73.8 Å². The molecule has 9 nitrogen and oxygen atoms in total. The summed E-state index contributed by atoms with van der Waals surface area (Å²) in [5, 5.41) is 0. The van der Waals surface area contributed by atoms with Crippen LogP contribution < -0.4 is 17.5 Å². The van der Waals surface area contributed by atoms with Gasteiger partial charge in [-0.2, -0.15) is 17.5 Å². The first-order chi connectivity index (χ1) is 9.80. The monoisotopic (exact) mass is 309 g/mol. The molecule has 0 unspecified atom stereocenters. The molecule has 0 saturated carbocycles. The van der Waals surface area contributed by atoms with E-state index in [0.29, 0.717) is 60.0 Å². The predicted molar refractivity (Wildman–Crippen MR) is 77.4 cm³/mol. The molecule has 1 saturated heterocycles. The summed E-state index contributed by atoms with van der Waals surface area (Å²) in [6.45, 7) is 10.2. The fourth-order valence-corrected chi connectivity index (χ4v) is 2.88. The van der Waals surface area contributed by atoms with Gasteiger partial charge in [0.15, 0.2) is 0 Å². The average Bonchev–Trinajstić information content (AvgIpc) is 2.39. The van der Waals surface area contributed by atoms with Crippen LogP contribution in [0.1, 0.15) is 20.8 Å². The Hall–Kier alpha value is -0.360. The van der Waals surface area contributed by atoms with Crippen LogP contribution in [0.4, 0.5) is 0 Å². The van der Waals surface area contributed by atoms with Crippen molar-refractivity contribution < 1.29 is 28.0 Å². The lowest BCUT2D eigenvalue weighted by Gasteiger charge is -2.49. The second kappa shape index (κ2) is 7.77. The van der Waals surface area contributed by atoms with Crippen molar-refractivity contribution in [1.29, 1.82) is 0 Å². The fourth-order valence-electron chi connectivity index (χ4n) is 2.88. The summed E-state index contributed by atoms with van der Waals surface area (Å²) in [5.41, 5.74) is 0. The molecule has 0 aliphatic carbocycles. The van der Waals surface area contributed by atoms with Crippen LogP contribution in [0.15, 0.2) is 0 Å². The molecular weight excluding hydrogens is 276 g/mol. The SMILES string of the molecule is CCOC[N+]1(N)C[N+](N)(COCC)C[N+](N)(COCC)C1. The van der Waals surface area contributed by atoms with Crippen LogP contribution in [0.2, 0.25) is 0 Å². The normalized spacial score (nSPS) is 36.9. The Morgan fingerprint density at radius 2 is 0.857 bits per heavy atom. The summed E-state index contributed by atoms with van der Waals surface area (Å²) in [5.74, 6) is 19.3. The van der Waals surface area contributed by atoms with Gasteiger partial charge in [0.1, 0.15) is 0 Å². The molecule has 1 aliphatic rings. The Morgan fingerprint density at radius 1 is 0.619 bits per heavy atom. The minimum atomic E-state index is 0.140. The highest BCUT2D eigenvalue weighted by Crippen LogP contribution is 2.20. The molecule has 0 amide bonds. The molecule has 0 spiro atoms. The lowest BCUT2D eigenvalue weighted by molar-refractivity contribution is -1.29. The molecule has 1 rings (SSSR count). The number of ether oxygens (including phenoxy) is 3. The van der Waals surface area contributed by atoms with Crippen molar-refractivity contribution in [2.24, 2.45) is 17.5 Å². The molecule has 0 atom stereocenters. The maximum atomic E-state index is 6.45. The van der Waals surface area contributed by atoms with Crippen LogP contribution >= 0.6 is 0 Å². The highest BCUT2D eigenvalue weighted by Gasteiger charge is 2.54. The molecule has 1 fully saturated rings. The summed E-state index contributed by atoms with van der Waals surface area (Å²) in [7, 11) is 0. The molecule has 1 heterocycles. The van der Waals surface area contributed by atoms with Crippen molar-refractivity contribution in [3.63, 3.8) is 0 Å². The van der Waals surface area contributed by atoms with Crippen LogP contribution in [0.25, 0.3) is 0 Å². The molecule has 0 bridgehead atoms. The van der Waals surface area contributed by atoms with E-state index >= 15 is 0 Å². The maximum absolute atomic E-state index is 6.45. The molecule has 0 aromatic heterocycles. The van der Waals surface area contributed by atoms with E-state index in [1.165, 1.54) is 0 Å². The lowest BCUT2D eigenvalue weighted by Crippen LogP contribution is -2.85. The number of nitrogens with two attached hydrogens (primary N) is 3. The highest BCUT2D eigenvalue weighted by molar-refractivity contribution is 4.30. The molecule has 0 aromatic rings. The second-order valence-corrected chi connectivity index (χ2v) is 5.95. The summed E-state index contributed by atoms with van der Waals surface area (Å²) >= 11 is 0. The van der Waals surface area contributed by atoms with Gasteiger partial charge in [-0.05, 0) is 20.8 Å².